The topological polar surface area (TPSA) is 28.2 Å². The van der Waals surface area contributed by atoms with E-state index in [1.807, 2.05) is 14.0 Å². The number of nitrogens with zero attached hydrogens (tertiary/aromatic N) is 2. The minimum atomic E-state index is 0.338. The Hall–Kier alpha value is -0.910. The molecule has 0 aliphatic heterocycles. The zero-order chi connectivity index (χ0) is 14.7. The van der Waals surface area contributed by atoms with Crippen LogP contribution in [0.1, 0.15) is 29.2 Å². The van der Waals surface area contributed by atoms with E-state index in [1.165, 1.54) is 11.3 Å². The van der Waals surface area contributed by atoms with Crippen LogP contribution in [-0.2, 0) is 6.54 Å². The van der Waals surface area contributed by atoms with Crippen LogP contribution in [0.5, 0.6) is 0 Å². The lowest BCUT2D eigenvalue weighted by atomic mass is 10.1. The summed E-state index contributed by atoms with van der Waals surface area (Å²) in [4.78, 5) is 6.73. The quantitative estimate of drug-likeness (QED) is 0.875. The lowest BCUT2D eigenvalue weighted by Crippen LogP contribution is -2.17. The fourth-order valence-corrected chi connectivity index (χ4v) is 3.39. The Morgan fingerprint density at radius 1 is 1.45 bits per heavy atom. The number of nitrogens with one attached hydrogen (secondary N) is 1. The van der Waals surface area contributed by atoms with Crippen molar-refractivity contribution in [3.05, 3.63) is 44.3 Å². The highest BCUT2D eigenvalue weighted by Crippen LogP contribution is 2.28. The van der Waals surface area contributed by atoms with E-state index in [-0.39, 0.29) is 0 Å². The second-order valence-corrected chi connectivity index (χ2v) is 6.85. The van der Waals surface area contributed by atoms with E-state index >= 15 is 0 Å². The summed E-state index contributed by atoms with van der Waals surface area (Å²) in [5.41, 5.74) is 3.59. The summed E-state index contributed by atoms with van der Waals surface area (Å²) >= 11 is 5.36. The van der Waals surface area contributed by atoms with Gasteiger partial charge in [0, 0.05) is 28.6 Å². The molecule has 2 rings (SSSR count). The SMILES string of the molecule is CNC(C)c1ccc(N(C)Cc2csc(C)n2)cc1Br. The van der Waals surface area contributed by atoms with Crippen molar-refractivity contribution in [3.8, 4) is 0 Å². The summed E-state index contributed by atoms with van der Waals surface area (Å²) in [6.45, 7) is 5.03. The number of hydrogen-bond acceptors (Lipinski definition) is 4. The van der Waals surface area contributed by atoms with Gasteiger partial charge in [-0.1, -0.05) is 22.0 Å². The predicted octanol–water partition coefficient (Wildman–Crippen LogP) is 4.13. The fraction of sp³-hybridized carbons (Fsp3) is 0.400. The minimum Gasteiger partial charge on any atom is -0.369 e. The predicted molar refractivity (Wildman–Crippen MR) is 90.6 cm³/mol. The third kappa shape index (κ3) is 3.59. The maximum absolute atomic E-state index is 4.51. The molecule has 0 radical (unpaired) electrons. The minimum absolute atomic E-state index is 0.338. The van der Waals surface area contributed by atoms with Crippen LogP contribution in [0.4, 0.5) is 5.69 Å². The summed E-state index contributed by atoms with van der Waals surface area (Å²) in [6.07, 6.45) is 0. The molecule has 1 N–H and O–H groups in total. The molecule has 2 aromatic rings. The molecule has 108 valence electrons. The van der Waals surface area contributed by atoms with Crippen molar-refractivity contribution < 1.29 is 0 Å². The summed E-state index contributed by atoms with van der Waals surface area (Å²) in [5.74, 6) is 0. The Bertz CT molecular complexity index is 582. The molecule has 0 bridgehead atoms. The largest absolute Gasteiger partial charge is 0.369 e. The van der Waals surface area contributed by atoms with E-state index in [0.717, 1.165) is 21.7 Å². The van der Waals surface area contributed by atoms with Gasteiger partial charge in [0.2, 0.25) is 0 Å². The summed E-state index contributed by atoms with van der Waals surface area (Å²) in [7, 11) is 4.07. The van der Waals surface area contributed by atoms with Crippen LogP contribution < -0.4 is 10.2 Å². The van der Waals surface area contributed by atoms with Gasteiger partial charge >= 0.3 is 0 Å². The molecule has 0 amide bonds. The van der Waals surface area contributed by atoms with Gasteiger partial charge < -0.3 is 10.2 Å². The molecule has 20 heavy (non-hydrogen) atoms. The molecule has 3 nitrogen and oxygen atoms in total. The Kier molecular flexibility index (Phi) is 5.18. The normalized spacial score (nSPS) is 12.4. The van der Waals surface area contributed by atoms with Crippen molar-refractivity contribution in [1.82, 2.24) is 10.3 Å². The molecule has 0 aliphatic rings. The molecular weight excluding hydrogens is 334 g/mol. The van der Waals surface area contributed by atoms with Gasteiger partial charge in [0.05, 0.1) is 17.2 Å². The average Bonchev–Trinajstić information content (AvgIpc) is 2.83. The number of rotatable bonds is 5. The first-order chi connectivity index (χ1) is 9.51. The number of anilines is 1. The number of benzene rings is 1. The third-order valence-electron chi connectivity index (χ3n) is 3.39. The van der Waals surface area contributed by atoms with Crippen LogP contribution in [0, 0.1) is 6.92 Å². The van der Waals surface area contributed by atoms with Crippen LogP contribution in [0.3, 0.4) is 0 Å². The first kappa shape index (κ1) is 15.5. The zero-order valence-electron chi connectivity index (χ0n) is 12.3. The maximum atomic E-state index is 4.51. The van der Waals surface area contributed by atoms with Crippen LogP contribution in [-0.4, -0.2) is 19.1 Å². The Labute approximate surface area is 133 Å². The van der Waals surface area contributed by atoms with Gasteiger partial charge in [0.1, 0.15) is 0 Å². The smallest absolute Gasteiger partial charge is 0.0898 e. The lowest BCUT2D eigenvalue weighted by molar-refractivity contribution is 0.649. The van der Waals surface area contributed by atoms with Crippen molar-refractivity contribution in [2.24, 2.45) is 0 Å². The molecule has 1 aromatic carbocycles. The highest BCUT2D eigenvalue weighted by Gasteiger charge is 2.10. The van der Waals surface area contributed by atoms with Gasteiger partial charge in [-0.2, -0.15) is 0 Å². The van der Waals surface area contributed by atoms with Crippen molar-refractivity contribution in [3.63, 3.8) is 0 Å². The standard InChI is InChI=1S/C15H20BrN3S/c1-10(17-3)14-6-5-13(7-15(14)16)19(4)8-12-9-20-11(2)18-12/h5-7,9-10,17H,8H2,1-4H3. The molecule has 0 fully saturated rings. The fourth-order valence-electron chi connectivity index (χ4n) is 2.08. The highest BCUT2D eigenvalue weighted by atomic mass is 79.9. The monoisotopic (exact) mass is 353 g/mol. The van der Waals surface area contributed by atoms with E-state index in [9.17, 15) is 0 Å². The van der Waals surface area contributed by atoms with Gasteiger partial charge in [-0.15, -0.1) is 11.3 Å². The van der Waals surface area contributed by atoms with Crippen LogP contribution in [0.2, 0.25) is 0 Å². The van der Waals surface area contributed by atoms with Crippen molar-refractivity contribution >= 4 is 33.0 Å². The molecule has 1 aromatic heterocycles. The first-order valence-electron chi connectivity index (χ1n) is 6.60. The zero-order valence-corrected chi connectivity index (χ0v) is 14.7. The number of thiazole rings is 1. The Balaban J connectivity index is 2.14. The summed E-state index contributed by atoms with van der Waals surface area (Å²) < 4.78 is 1.14. The van der Waals surface area contributed by atoms with Gasteiger partial charge in [0.15, 0.2) is 0 Å². The van der Waals surface area contributed by atoms with E-state index in [0.29, 0.717) is 6.04 Å². The molecular formula is C15H20BrN3S. The first-order valence-corrected chi connectivity index (χ1v) is 8.27. The molecule has 1 atom stereocenters. The molecule has 5 heteroatoms. The van der Waals surface area contributed by atoms with E-state index in [4.69, 9.17) is 0 Å². The second kappa shape index (κ2) is 6.70. The van der Waals surface area contributed by atoms with Gasteiger partial charge in [-0.3, -0.25) is 0 Å². The number of aryl methyl sites for hydroxylation is 1. The molecule has 0 saturated heterocycles. The Morgan fingerprint density at radius 3 is 2.75 bits per heavy atom. The molecule has 0 aliphatic carbocycles. The third-order valence-corrected chi connectivity index (χ3v) is 4.90. The average molecular weight is 354 g/mol. The van der Waals surface area contributed by atoms with Gasteiger partial charge in [-0.05, 0) is 38.6 Å². The second-order valence-electron chi connectivity index (χ2n) is 4.93. The van der Waals surface area contributed by atoms with Crippen molar-refractivity contribution in [2.75, 3.05) is 19.0 Å². The van der Waals surface area contributed by atoms with Crippen LogP contribution in [0.25, 0.3) is 0 Å². The van der Waals surface area contributed by atoms with E-state index < -0.39 is 0 Å². The van der Waals surface area contributed by atoms with Crippen molar-refractivity contribution in [2.45, 2.75) is 26.4 Å². The highest BCUT2D eigenvalue weighted by molar-refractivity contribution is 9.10. The Morgan fingerprint density at radius 2 is 2.20 bits per heavy atom. The molecule has 1 heterocycles. The summed E-state index contributed by atoms with van der Waals surface area (Å²) in [6, 6.07) is 6.84. The summed E-state index contributed by atoms with van der Waals surface area (Å²) in [5, 5.41) is 6.50. The molecule has 0 spiro atoms. The molecule has 1 unspecified atom stereocenters. The van der Waals surface area contributed by atoms with Gasteiger partial charge in [0.25, 0.3) is 0 Å². The number of hydrogen-bond donors (Lipinski definition) is 1. The maximum Gasteiger partial charge on any atom is 0.0898 e. The van der Waals surface area contributed by atoms with Crippen LogP contribution in [0.15, 0.2) is 28.1 Å². The lowest BCUT2D eigenvalue weighted by Gasteiger charge is -2.20. The van der Waals surface area contributed by atoms with E-state index in [1.54, 1.807) is 11.3 Å². The van der Waals surface area contributed by atoms with Crippen LogP contribution >= 0.6 is 27.3 Å². The van der Waals surface area contributed by atoms with Crippen molar-refractivity contribution in [1.29, 1.82) is 0 Å². The number of aromatic nitrogens is 1. The van der Waals surface area contributed by atoms with Gasteiger partial charge in [-0.25, -0.2) is 4.98 Å². The molecule has 0 saturated carbocycles. The number of halogens is 1. The van der Waals surface area contributed by atoms with E-state index in [2.05, 4.69) is 68.7 Å².